The third-order valence-corrected chi connectivity index (χ3v) is 8.10. The third-order valence-electron chi connectivity index (χ3n) is 6.96. The minimum Gasteiger partial charge on any atom is -0.490 e. The van der Waals surface area contributed by atoms with Crippen molar-refractivity contribution in [2.75, 3.05) is 54.0 Å². The Morgan fingerprint density at radius 3 is 2.05 bits per heavy atom. The van der Waals surface area contributed by atoms with Crippen molar-refractivity contribution < 1.29 is 27.5 Å². The second-order valence-electron chi connectivity index (χ2n) is 9.79. The highest BCUT2D eigenvalue weighted by molar-refractivity contribution is 7.92. The van der Waals surface area contributed by atoms with Crippen LogP contribution in [0, 0.1) is 0 Å². The molecule has 10 nitrogen and oxygen atoms in total. The number of sulfonamides is 1. The summed E-state index contributed by atoms with van der Waals surface area (Å²) in [6, 6.07) is 19.7. The molecule has 0 fully saturated rings. The summed E-state index contributed by atoms with van der Waals surface area (Å²) in [5.41, 5.74) is 4.02. The summed E-state index contributed by atoms with van der Waals surface area (Å²) < 4.78 is 38.0. The van der Waals surface area contributed by atoms with Gasteiger partial charge in [0.05, 0.1) is 42.1 Å². The van der Waals surface area contributed by atoms with Crippen LogP contribution in [0.25, 0.3) is 11.3 Å². The molecule has 0 saturated carbocycles. The predicted molar refractivity (Wildman–Crippen MR) is 171 cm³/mol. The van der Waals surface area contributed by atoms with Crippen molar-refractivity contribution in [2.45, 2.75) is 27.7 Å². The summed E-state index contributed by atoms with van der Waals surface area (Å²) in [6.45, 7) is 9.03. The molecule has 0 aromatic heterocycles. The average Bonchev–Trinajstić information content (AvgIpc) is 3.30. The Bertz CT molecular complexity index is 1600. The van der Waals surface area contributed by atoms with E-state index in [-0.39, 0.29) is 18.4 Å². The van der Waals surface area contributed by atoms with E-state index in [1.54, 1.807) is 35.2 Å². The van der Waals surface area contributed by atoms with Crippen LogP contribution in [0.5, 0.6) is 11.5 Å². The van der Waals surface area contributed by atoms with Gasteiger partial charge in [-0.25, -0.2) is 8.42 Å². The fourth-order valence-electron chi connectivity index (χ4n) is 4.90. The van der Waals surface area contributed by atoms with Crippen LogP contribution in [-0.2, 0) is 19.6 Å². The lowest BCUT2D eigenvalue weighted by atomic mass is 9.99. The Labute approximate surface area is 253 Å². The van der Waals surface area contributed by atoms with Gasteiger partial charge in [-0.2, -0.15) is 0 Å². The van der Waals surface area contributed by atoms with E-state index in [4.69, 9.17) is 9.47 Å². The van der Waals surface area contributed by atoms with Crippen molar-refractivity contribution in [3.05, 3.63) is 77.9 Å². The first-order chi connectivity index (χ1) is 20.6. The zero-order valence-electron chi connectivity index (χ0n) is 25.1. The number of hydrogen-bond donors (Lipinski definition) is 2. The van der Waals surface area contributed by atoms with Gasteiger partial charge in [0.2, 0.25) is 15.9 Å². The number of fused-ring (bicyclic) bond motifs is 1. The molecule has 0 radical (unpaired) electrons. The van der Waals surface area contributed by atoms with Gasteiger partial charge in [0.25, 0.3) is 5.91 Å². The number of ether oxygens (including phenoxy) is 2. The highest BCUT2D eigenvalue weighted by atomic mass is 32.2. The zero-order valence-corrected chi connectivity index (χ0v) is 26.0. The van der Waals surface area contributed by atoms with E-state index in [9.17, 15) is 18.0 Å². The Balaban J connectivity index is 1.75. The van der Waals surface area contributed by atoms with Gasteiger partial charge >= 0.3 is 0 Å². The van der Waals surface area contributed by atoms with E-state index in [1.807, 2.05) is 64.1 Å². The fourth-order valence-corrected chi connectivity index (χ4v) is 5.75. The van der Waals surface area contributed by atoms with Crippen molar-refractivity contribution in [2.24, 2.45) is 0 Å². The number of nitrogens with zero attached hydrogens (tertiary/aromatic N) is 2. The highest BCUT2D eigenvalue weighted by Crippen LogP contribution is 2.43. The molecule has 0 aliphatic carbocycles. The van der Waals surface area contributed by atoms with Crippen molar-refractivity contribution in [3.8, 4) is 11.5 Å². The largest absolute Gasteiger partial charge is 0.490 e. The van der Waals surface area contributed by atoms with Gasteiger partial charge in [-0.05, 0) is 63.6 Å². The average molecular weight is 607 g/mol. The lowest BCUT2D eigenvalue weighted by Gasteiger charge is -2.26. The van der Waals surface area contributed by atoms with Crippen molar-refractivity contribution >= 4 is 50.2 Å². The number of benzene rings is 3. The van der Waals surface area contributed by atoms with Gasteiger partial charge < -0.3 is 25.0 Å². The number of carbonyl (C=O) groups excluding carboxylic acids is 2. The van der Waals surface area contributed by atoms with Crippen LogP contribution < -0.4 is 24.4 Å². The number of rotatable bonds is 13. The molecule has 3 aromatic rings. The van der Waals surface area contributed by atoms with Crippen LogP contribution in [0.15, 0.2) is 66.7 Å². The number of anilines is 3. The maximum Gasteiger partial charge on any atom is 0.258 e. The number of amides is 2. The molecule has 0 atom stereocenters. The SMILES string of the molecule is CCOc1cc2c(cc1OCC)/C(=C(/Nc1ccc(N(CC(=O)N(CC)CC)S(C)(=O)=O)cc1)c1ccccc1)C(=O)N2. The lowest BCUT2D eigenvalue weighted by Crippen LogP contribution is -2.42. The van der Waals surface area contributed by atoms with Gasteiger partial charge in [0.1, 0.15) is 6.54 Å². The maximum atomic E-state index is 13.4. The molecule has 0 unspecified atom stereocenters. The molecule has 0 bridgehead atoms. The van der Waals surface area contributed by atoms with Gasteiger partial charge in [-0.1, -0.05) is 30.3 Å². The molecule has 2 N–H and O–H groups in total. The minimum atomic E-state index is -3.73. The normalized spacial score (nSPS) is 13.6. The molecular formula is C32H38N4O6S. The van der Waals surface area contributed by atoms with Gasteiger partial charge in [0.15, 0.2) is 11.5 Å². The second kappa shape index (κ2) is 13.6. The fraction of sp³-hybridized carbons (Fsp3) is 0.312. The molecule has 43 heavy (non-hydrogen) atoms. The first kappa shape index (κ1) is 31.4. The zero-order chi connectivity index (χ0) is 31.1. The Morgan fingerprint density at radius 2 is 1.49 bits per heavy atom. The second-order valence-corrected chi connectivity index (χ2v) is 11.7. The van der Waals surface area contributed by atoms with Crippen LogP contribution in [0.1, 0.15) is 38.8 Å². The molecule has 1 aliphatic heterocycles. The summed E-state index contributed by atoms with van der Waals surface area (Å²) >= 11 is 0. The third kappa shape index (κ3) is 7.11. The van der Waals surface area contributed by atoms with E-state index in [0.29, 0.717) is 71.7 Å². The molecule has 0 spiro atoms. The first-order valence-electron chi connectivity index (χ1n) is 14.3. The van der Waals surface area contributed by atoms with Crippen molar-refractivity contribution in [3.63, 3.8) is 0 Å². The van der Waals surface area contributed by atoms with E-state index in [2.05, 4.69) is 10.6 Å². The van der Waals surface area contributed by atoms with Gasteiger partial charge in [-0.3, -0.25) is 13.9 Å². The lowest BCUT2D eigenvalue weighted by molar-refractivity contribution is -0.129. The summed E-state index contributed by atoms with van der Waals surface area (Å²) in [4.78, 5) is 27.8. The van der Waals surface area contributed by atoms with Gasteiger partial charge in [0, 0.05) is 30.4 Å². The quantitative estimate of drug-likeness (QED) is 0.262. The number of carbonyl (C=O) groups is 2. The van der Waals surface area contributed by atoms with E-state index < -0.39 is 10.0 Å². The summed E-state index contributed by atoms with van der Waals surface area (Å²) in [5, 5.41) is 6.33. The first-order valence-corrected chi connectivity index (χ1v) is 16.1. The highest BCUT2D eigenvalue weighted by Gasteiger charge is 2.31. The topological polar surface area (TPSA) is 117 Å². The molecule has 3 aromatic carbocycles. The number of nitrogens with one attached hydrogen (secondary N) is 2. The van der Waals surface area contributed by atoms with Crippen LogP contribution >= 0.6 is 0 Å². The molecule has 0 saturated heterocycles. The summed E-state index contributed by atoms with van der Waals surface area (Å²) in [5.74, 6) is 0.518. The predicted octanol–water partition coefficient (Wildman–Crippen LogP) is 5.05. The molecule has 4 rings (SSSR count). The van der Waals surface area contributed by atoms with Crippen molar-refractivity contribution in [1.82, 2.24) is 4.90 Å². The monoisotopic (exact) mass is 606 g/mol. The molecular weight excluding hydrogens is 568 g/mol. The molecule has 11 heteroatoms. The molecule has 1 heterocycles. The van der Waals surface area contributed by atoms with Gasteiger partial charge in [-0.15, -0.1) is 0 Å². The minimum absolute atomic E-state index is 0.279. The molecule has 1 aliphatic rings. The Morgan fingerprint density at radius 1 is 0.884 bits per heavy atom. The Kier molecular flexibility index (Phi) is 9.97. The van der Waals surface area contributed by atoms with E-state index >= 15 is 0 Å². The smallest absolute Gasteiger partial charge is 0.258 e. The molecule has 228 valence electrons. The van der Waals surface area contributed by atoms with E-state index in [1.165, 1.54) is 0 Å². The summed E-state index contributed by atoms with van der Waals surface area (Å²) in [6.07, 6.45) is 1.08. The number of hydrogen-bond acceptors (Lipinski definition) is 7. The molecule has 2 amide bonds. The van der Waals surface area contributed by atoms with Crippen molar-refractivity contribution in [1.29, 1.82) is 0 Å². The van der Waals surface area contributed by atoms with Crippen LogP contribution in [0.2, 0.25) is 0 Å². The van der Waals surface area contributed by atoms with Crippen LogP contribution in [-0.4, -0.2) is 64.2 Å². The van der Waals surface area contributed by atoms with Crippen LogP contribution in [0.3, 0.4) is 0 Å². The Hall–Kier alpha value is -4.51. The standard InChI is InChI=1S/C32H38N4O6S/c1-6-35(7-2)29(37)21-36(43(5,39)40)24-17-15-23(16-18-24)33-31(22-13-11-10-12-14-22)30-25-19-27(41-8-3)28(42-9-4)20-26(25)34-32(30)38/h10-20,33H,6-9,21H2,1-5H3,(H,34,38)/b31-30-. The van der Waals surface area contributed by atoms with E-state index in [0.717, 1.165) is 16.1 Å². The summed E-state index contributed by atoms with van der Waals surface area (Å²) in [7, 11) is -3.73. The van der Waals surface area contributed by atoms with Crippen LogP contribution in [0.4, 0.5) is 17.1 Å². The maximum absolute atomic E-state index is 13.4. The number of likely N-dealkylation sites (N-methyl/N-ethyl adjacent to an activating group) is 1.